The monoisotopic (exact) mass is 327 g/mol. The first kappa shape index (κ1) is 15.2. The van der Waals surface area contributed by atoms with Crippen LogP contribution >= 0.6 is 11.3 Å². The quantitative estimate of drug-likeness (QED) is 0.743. The van der Waals surface area contributed by atoms with Crippen LogP contribution in [0.5, 0.6) is 11.5 Å². The van der Waals surface area contributed by atoms with Crippen LogP contribution < -0.4 is 10.1 Å². The van der Waals surface area contributed by atoms with Crippen molar-refractivity contribution < 1.29 is 13.9 Å². The second-order valence-electron chi connectivity index (χ2n) is 4.86. The molecule has 2 aromatic carbocycles. The van der Waals surface area contributed by atoms with Gasteiger partial charge < -0.3 is 10.1 Å². The Kier molecular flexibility index (Phi) is 4.68. The predicted molar refractivity (Wildman–Crippen MR) is 88.4 cm³/mol. The number of rotatable bonds is 5. The Hall–Kier alpha value is -2.66. The Bertz CT molecular complexity index is 768. The average Bonchev–Trinajstić information content (AvgIpc) is 3.11. The first-order valence-corrected chi connectivity index (χ1v) is 7.93. The van der Waals surface area contributed by atoms with Gasteiger partial charge in [0.15, 0.2) is 0 Å². The van der Waals surface area contributed by atoms with E-state index in [1.807, 2.05) is 35.7 Å². The van der Waals surface area contributed by atoms with Crippen molar-refractivity contribution in [2.45, 2.75) is 6.54 Å². The maximum atomic E-state index is 12.8. The molecule has 1 heterocycles. The zero-order chi connectivity index (χ0) is 16.1. The average molecular weight is 327 g/mol. The molecule has 0 saturated carbocycles. The zero-order valence-electron chi connectivity index (χ0n) is 12.2. The molecule has 1 amide bonds. The van der Waals surface area contributed by atoms with Crippen molar-refractivity contribution >= 4 is 17.2 Å². The van der Waals surface area contributed by atoms with Crippen LogP contribution in [0.15, 0.2) is 66.0 Å². The highest BCUT2D eigenvalue weighted by atomic mass is 32.1. The molecule has 1 aromatic heterocycles. The summed E-state index contributed by atoms with van der Waals surface area (Å²) in [6, 6.07) is 16.9. The van der Waals surface area contributed by atoms with Crippen LogP contribution in [-0.2, 0) is 6.54 Å². The summed E-state index contributed by atoms with van der Waals surface area (Å²) < 4.78 is 18.5. The summed E-state index contributed by atoms with van der Waals surface area (Å²) in [4.78, 5) is 12.6. The molecule has 0 saturated heterocycles. The van der Waals surface area contributed by atoms with E-state index in [0.717, 1.165) is 5.56 Å². The standard InChI is InChI=1S/C18H14FNO2S/c19-14-5-9-16(10-6-14)22-15-7-3-13(4-8-15)12-20-18(21)17-2-1-11-23-17/h1-11H,12H2,(H,20,21). The molecular weight excluding hydrogens is 313 g/mol. The highest BCUT2D eigenvalue weighted by molar-refractivity contribution is 7.12. The molecule has 116 valence electrons. The van der Waals surface area contributed by atoms with Crippen molar-refractivity contribution in [2.75, 3.05) is 0 Å². The summed E-state index contributed by atoms with van der Waals surface area (Å²) in [6.07, 6.45) is 0. The van der Waals surface area contributed by atoms with Crippen molar-refractivity contribution in [3.63, 3.8) is 0 Å². The van der Waals surface area contributed by atoms with E-state index in [1.54, 1.807) is 18.2 Å². The Morgan fingerprint density at radius 3 is 2.26 bits per heavy atom. The molecule has 3 rings (SSSR count). The molecule has 0 spiro atoms. The van der Waals surface area contributed by atoms with Gasteiger partial charge in [0, 0.05) is 6.54 Å². The van der Waals surface area contributed by atoms with Crippen molar-refractivity contribution in [2.24, 2.45) is 0 Å². The summed E-state index contributed by atoms with van der Waals surface area (Å²) in [6.45, 7) is 0.452. The van der Waals surface area contributed by atoms with E-state index < -0.39 is 0 Å². The molecule has 0 radical (unpaired) electrons. The van der Waals surface area contributed by atoms with Gasteiger partial charge in [-0.2, -0.15) is 0 Å². The smallest absolute Gasteiger partial charge is 0.261 e. The topological polar surface area (TPSA) is 38.3 Å². The van der Waals surface area contributed by atoms with Crippen LogP contribution in [0.25, 0.3) is 0 Å². The van der Waals surface area contributed by atoms with Gasteiger partial charge in [-0.1, -0.05) is 18.2 Å². The van der Waals surface area contributed by atoms with Crippen LogP contribution in [-0.4, -0.2) is 5.91 Å². The molecule has 3 aromatic rings. The Morgan fingerprint density at radius 2 is 1.65 bits per heavy atom. The van der Waals surface area contributed by atoms with Gasteiger partial charge in [0.25, 0.3) is 5.91 Å². The second-order valence-corrected chi connectivity index (χ2v) is 5.81. The Labute approximate surface area is 137 Å². The van der Waals surface area contributed by atoms with Gasteiger partial charge in [0.05, 0.1) is 4.88 Å². The van der Waals surface area contributed by atoms with Crippen LogP contribution in [0, 0.1) is 5.82 Å². The van der Waals surface area contributed by atoms with Crippen LogP contribution in [0.4, 0.5) is 4.39 Å². The lowest BCUT2D eigenvalue weighted by molar-refractivity contribution is 0.0955. The molecule has 0 unspecified atom stereocenters. The summed E-state index contributed by atoms with van der Waals surface area (Å²) in [5.41, 5.74) is 0.973. The van der Waals surface area contributed by atoms with Crippen molar-refractivity contribution in [1.29, 1.82) is 0 Å². The number of hydrogen-bond donors (Lipinski definition) is 1. The van der Waals surface area contributed by atoms with Crippen LogP contribution in [0.1, 0.15) is 15.2 Å². The summed E-state index contributed by atoms with van der Waals surface area (Å²) in [7, 11) is 0. The highest BCUT2D eigenvalue weighted by Crippen LogP contribution is 2.21. The summed E-state index contributed by atoms with van der Waals surface area (Å²) >= 11 is 1.41. The molecule has 23 heavy (non-hydrogen) atoms. The van der Waals surface area contributed by atoms with Gasteiger partial charge in [-0.05, 0) is 53.4 Å². The largest absolute Gasteiger partial charge is 0.457 e. The molecule has 3 nitrogen and oxygen atoms in total. The molecule has 0 aliphatic rings. The zero-order valence-corrected chi connectivity index (χ0v) is 13.0. The first-order valence-electron chi connectivity index (χ1n) is 7.05. The molecule has 5 heteroatoms. The fraction of sp³-hybridized carbons (Fsp3) is 0.0556. The number of carbonyl (C=O) groups is 1. The van der Waals surface area contributed by atoms with Gasteiger partial charge >= 0.3 is 0 Å². The first-order chi connectivity index (χ1) is 11.2. The Balaban J connectivity index is 1.56. The molecule has 0 bridgehead atoms. The number of thiophene rings is 1. The molecule has 0 atom stereocenters. The second kappa shape index (κ2) is 7.07. The molecular formula is C18H14FNO2S. The molecule has 0 aliphatic carbocycles. The van der Waals surface area contributed by atoms with E-state index in [2.05, 4.69) is 5.32 Å². The third-order valence-electron chi connectivity index (χ3n) is 3.17. The van der Waals surface area contributed by atoms with Gasteiger partial charge in [-0.25, -0.2) is 4.39 Å². The minimum atomic E-state index is -0.297. The van der Waals surface area contributed by atoms with Crippen molar-refractivity contribution in [3.8, 4) is 11.5 Å². The van der Waals surface area contributed by atoms with Gasteiger partial charge in [-0.15, -0.1) is 11.3 Å². The lowest BCUT2D eigenvalue weighted by Crippen LogP contribution is -2.21. The highest BCUT2D eigenvalue weighted by Gasteiger charge is 2.05. The minimum absolute atomic E-state index is 0.0772. The minimum Gasteiger partial charge on any atom is -0.457 e. The SMILES string of the molecule is O=C(NCc1ccc(Oc2ccc(F)cc2)cc1)c1cccs1. The van der Waals surface area contributed by atoms with Gasteiger partial charge in [0.2, 0.25) is 0 Å². The van der Waals surface area contributed by atoms with E-state index in [1.165, 1.54) is 23.5 Å². The lowest BCUT2D eigenvalue weighted by Gasteiger charge is -2.07. The Morgan fingerprint density at radius 1 is 1.00 bits per heavy atom. The summed E-state index contributed by atoms with van der Waals surface area (Å²) in [5, 5.41) is 4.74. The normalized spacial score (nSPS) is 10.3. The number of hydrogen-bond acceptors (Lipinski definition) is 3. The number of amides is 1. The van der Waals surface area contributed by atoms with E-state index >= 15 is 0 Å². The van der Waals surface area contributed by atoms with E-state index in [4.69, 9.17) is 4.74 Å². The fourth-order valence-corrected chi connectivity index (χ4v) is 2.63. The third kappa shape index (κ3) is 4.17. The molecule has 1 N–H and O–H groups in total. The van der Waals surface area contributed by atoms with Crippen molar-refractivity contribution in [3.05, 3.63) is 82.3 Å². The lowest BCUT2D eigenvalue weighted by atomic mass is 10.2. The fourth-order valence-electron chi connectivity index (χ4n) is 1.99. The summed E-state index contributed by atoms with van der Waals surface area (Å²) in [5.74, 6) is 0.857. The number of nitrogens with one attached hydrogen (secondary N) is 1. The van der Waals surface area contributed by atoms with Crippen LogP contribution in [0.3, 0.4) is 0 Å². The van der Waals surface area contributed by atoms with Crippen LogP contribution in [0.2, 0.25) is 0 Å². The predicted octanol–water partition coefficient (Wildman–Crippen LogP) is 4.61. The van der Waals surface area contributed by atoms with E-state index in [9.17, 15) is 9.18 Å². The number of ether oxygens (including phenoxy) is 1. The van der Waals surface area contributed by atoms with Crippen molar-refractivity contribution in [1.82, 2.24) is 5.32 Å². The number of benzene rings is 2. The third-order valence-corrected chi connectivity index (χ3v) is 4.04. The van der Waals surface area contributed by atoms with E-state index in [0.29, 0.717) is 22.9 Å². The van der Waals surface area contributed by atoms with Gasteiger partial charge in [-0.3, -0.25) is 4.79 Å². The molecule has 0 fully saturated rings. The number of carbonyl (C=O) groups excluding carboxylic acids is 1. The van der Waals surface area contributed by atoms with E-state index in [-0.39, 0.29) is 11.7 Å². The molecule has 0 aliphatic heterocycles. The maximum Gasteiger partial charge on any atom is 0.261 e. The number of halogens is 1. The maximum absolute atomic E-state index is 12.8. The van der Waals surface area contributed by atoms with Gasteiger partial charge in [0.1, 0.15) is 17.3 Å².